The summed E-state index contributed by atoms with van der Waals surface area (Å²) in [6.07, 6.45) is 3.52. The number of imidazole rings is 2. The average molecular weight is 380 g/mol. The second kappa shape index (κ2) is 6.86. The van der Waals surface area contributed by atoms with Gasteiger partial charge in [0.05, 0.1) is 28.2 Å². The van der Waals surface area contributed by atoms with Crippen LogP contribution in [0, 0.1) is 17.1 Å². The van der Waals surface area contributed by atoms with Gasteiger partial charge in [-0.05, 0) is 31.2 Å². The van der Waals surface area contributed by atoms with Gasteiger partial charge in [-0.25, -0.2) is 14.4 Å². The van der Waals surface area contributed by atoms with E-state index < -0.39 is 0 Å². The Morgan fingerprint density at radius 3 is 2.85 bits per heavy atom. The highest BCUT2D eigenvalue weighted by Gasteiger charge is 2.15. The van der Waals surface area contributed by atoms with E-state index in [1.54, 1.807) is 24.4 Å². The summed E-state index contributed by atoms with van der Waals surface area (Å²) in [7, 11) is 0. The molecule has 0 radical (unpaired) electrons. The molecule has 4 rings (SSSR count). The zero-order valence-corrected chi connectivity index (χ0v) is 15.3. The molecule has 2 aromatic carbocycles. The minimum atomic E-state index is -0.304. The predicted molar refractivity (Wildman–Crippen MR) is 102 cm³/mol. The summed E-state index contributed by atoms with van der Waals surface area (Å²) in [5, 5.41) is 9.60. The monoisotopic (exact) mass is 379 g/mol. The molecule has 134 valence electrons. The van der Waals surface area contributed by atoms with E-state index in [4.69, 9.17) is 16.6 Å². The number of benzene rings is 2. The lowest BCUT2D eigenvalue weighted by atomic mass is 10.2. The summed E-state index contributed by atoms with van der Waals surface area (Å²) in [4.78, 5) is 9.06. The first-order valence-corrected chi connectivity index (χ1v) is 8.84. The third-order valence-electron chi connectivity index (χ3n) is 4.46. The SMILES string of the molecule is CCn1c(Cn2ccnc2-c2cccc(F)c2)nc2cc(C#N)c(Cl)cc21. The Hall–Kier alpha value is -3.17. The first-order chi connectivity index (χ1) is 13.1. The van der Waals surface area contributed by atoms with Gasteiger partial charge < -0.3 is 9.13 Å². The number of aryl methyl sites for hydroxylation is 1. The fraction of sp³-hybridized carbons (Fsp3) is 0.150. The second-order valence-corrected chi connectivity index (χ2v) is 6.50. The molecule has 0 saturated carbocycles. The lowest BCUT2D eigenvalue weighted by molar-refractivity contribution is 0.627. The van der Waals surface area contributed by atoms with Crippen molar-refractivity contribution in [2.75, 3.05) is 0 Å². The van der Waals surface area contributed by atoms with Crippen molar-refractivity contribution in [3.05, 3.63) is 71.0 Å². The smallest absolute Gasteiger partial charge is 0.140 e. The van der Waals surface area contributed by atoms with E-state index in [0.29, 0.717) is 35.1 Å². The zero-order valence-electron chi connectivity index (χ0n) is 14.5. The molecule has 5 nitrogen and oxygen atoms in total. The van der Waals surface area contributed by atoms with E-state index in [9.17, 15) is 9.65 Å². The van der Waals surface area contributed by atoms with Crippen LogP contribution in [0.25, 0.3) is 22.4 Å². The fourth-order valence-corrected chi connectivity index (χ4v) is 3.43. The van der Waals surface area contributed by atoms with E-state index in [1.165, 1.54) is 12.1 Å². The first kappa shape index (κ1) is 17.3. The topological polar surface area (TPSA) is 59.4 Å². The van der Waals surface area contributed by atoms with Crippen LogP contribution in [0.15, 0.2) is 48.8 Å². The summed E-state index contributed by atoms with van der Waals surface area (Å²) in [5.41, 5.74) is 2.71. The lowest BCUT2D eigenvalue weighted by Crippen LogP contribution is -2.08. The van der Waals surface area contributed by atoms with Crippen molar-refractivity contribution >= 4 is 22.6 Å². The molecule has 27 heavy (non-hydrogen) atoms. The van der Waals surface area contributed by atoms with Gasteiger partial charge in [-0.15, -0.1) is 0 Å². The van der Waals surface area contributed by atoms with Crippen LogP contribution in [0.2, 0.25) is 5.02 Å². The van der Waals surface area contributed by atoms with Crippen LogP contribution in [0.1, 0.15) is 18.3 Å². The third-order valence-corrected chi connectivity index (χ3v) is 4.78. The molecule has 0 bridgehead atoms. The number of hydrogen-bond acceptors (Lipinski definition) is 3. The normalized spacial score (nSPS) is 11.0. The number of nitriles is 1. The molecule has 0 fully saturated rings. The minimum absolute atomic E-state index is 0.304. The molecule has 0 aliphatic heterocycles. The Balaban J connectivity index is 1.79. The van der Waals surface area contributed by atoms with Gasteiger partial charge in [0.1, 0.15) is 23.5 Å². The van der Waals surface area contributed by atoms with Crippen LogP contribution in [-0.2, 0) is 13.1 Å². The van der Waals surface area contributed by atoms with E-state index in [-0.39, 0.29) is 5.82 Å². The molecule has 2 aromatic heterocycles. The summed E-state index contributed by atoms with van der Waals surface area (Å²) in [5.74, 6) is 1.18. The summed E-state index contributed by atoms with van der Waals surface area (Å²) >= 11 is 6.19. The largest absolute Gasteiger partial charge is 0.327 e. The molecule has 7 heteroatoms. The Kier molecular flexibility index (Phi) is 4.38. The van der Waals surface area contributed by atoms with Gasteiger partial charge in [0, 0.05) is 24.5 Å². The zero-order chi connectivity index (χ0) is 19.0. The highest BCUT2D eigenvalue weighted by Crippen LogP contribution is 2.26. The molecular formula is C20H15ClFN5. The predicted octanol–water partition coefficient (Wildman–Crippen LogP) is 4.63. The summed E-state index contributed by atoms with van der Waals surface area (Å²) < 4.78 is 17.6. The number of halogens is 2. The third kappa shape index (κ3) is 3.07. The number of rotatable bonds is 4. The van der Waals surface area contributed by atoms with Crippen molar-refractivity contribution in [1.82, 2.24) is 19.1 Å². The van der Waals surface area contributed by atoms with E-state index >= 15 is 0 Å². The minimum Gasteiger partial charge on any atom is -0.327 e. The van der Waals surface area contributed by atoms with Gasteiger partial charge in [-0.3, -0.25) is 0 Å². The second-order valence-electron chi connectivity index (χ2n) is 6.09. The van der Waals surface area contributed by atoms with Crippen LogP contribution in [0.3, 0.4) is 0 Å². The summed E-state index contributed by atoms with van der Waals surface area (Å²) in [6, 6.07) is 11.9. The van der Waals surface area contributed by atoms with Crippen molar-refractivity contribution in [2.45, 2.75) is 20.0 Å². The maximum atomic E-state index is 13.6. The van der Waals surface area contributed by atoms with Crippen LogP contribution in [0.5, 0.6) is 0 Å². The van der Waals surface area contributed by atoms with Crippen LogP contribution < -0.4 is 0 Å². The van der Waals surface area contributed by atoms with Crippen molar-refractivity contribution < 1.29 is 4.39 Å². The molecule has 0 spiro atoms. The molecule has 0 aliphatic rings. The van der Waals surface area contributed by atoms with Gasteiger partial charge >= 0.3 is 0 Å². The van der Waals surface area contributed by atoms with Crippen LogP contribution in [-0.4, -0.2) is 19.1 Å². The van der Waals surface area contributed by atoms with Gasteiger partial charge in [-0.1, -0.05) is 23.7 Å². The molecule has 0 N–H and O–H groups in total. The molecular weight excluding hydrogens is 365 g/mol. The van der Waals surface area contributed by atoms with Gasteiger partial charge in [0.15, 0.2) is 0 Å². The van der Waals surface area contributed by atoms with E-state index in [1.807, 2.05) is 23.8 Å². The fourth-order valence-electron chi connectivity index (χ4n) is 3.23. The van der Waals surface area contributed by atoms with Crippen LogP contribution >= 0.6 is 11.6 Å². The maximum Gasteiger partial charge on any atom is 0.140 e. The number of aromatic nitrogens is 4. The highest BCUT2D eigenvalue weighted by atomic mass is 35.5. The van der Waals surface area contributed by atoms with E-state index in [2.05, 4.69) is 15.6 Å². The van der Waals surface area contributed by atoms with E-state index in [0.717, 1.165) is 16.9 Å². The Bertz CT molecular complexity index is 1190. The molecule has 0 atom stereocenters. The van der Waals surface area contributed by atoms with Gasteiger partial charge in [0.25, 0.3) is 0 Å². The highest BCUT2D eigenvalue weighted by molar-refractivity contribution is 6.32. The number of hydrogen-bond donors (Lipinski definition) is 0. The van der Waals surface area contributed by atoms with Gasteiger partial charge in [0.2, 0.25) is 0 Å². The van der Waals surface area contributed by atoms with Crippen molar-refractivity contribution in [1.29, 1.82) is 5.26 Å². The molecule has 0 amide bonds. The van der Waals surface area contributed by atoms with Crippen LogP contribution in [0.4, 0.5) is 4.39 Å². The average Bonchev–Trinajstić information content (AvgIpc) is 3.25. The molecule has 0 unspecified atom stereocenters. The number of nitrogens with zero attached hydrogens (tertiary/aromatic N) is 5. The Morgan fingerprint density at radius 1 is 1.26 bits per heavy atom. The maximum absolute atomic E-state index is 13.6. The lowest BCUT2D eigenvalue weighted by Gasteiger charge is -2.10. The van der Waals surface area contributed by atoms with Crippen molar-refractivity contribution in [3.63, 3.8) is 0 Å². The van der Waals surface area contributed by atoms with Gasteiger partial charge in [-0.2, -0.15) is 5.26 Å². The molecule has 4 aromatic rings. The summed E-state index contributed by atoms with van der Waals surface area (Å²) in [6.45, 7) is 3.20. The Labute approximate surface area is 160 Å². The van der Waals surface area contributed by atoms with Crippen molar-refractivity contribution in [3.8, 4) is 17.5 Å². The molecule has 0 aliphatic carbocycles. The van der Waals surface area contributed by atoms with Crippen molar-refractivity contribution in [2.24, 2.45) is 0 Å². The standard InChI is InChI=1S/C20H15ClFN5/c1-2-27-18-10-16(21)14(11-23)9-17(18)25-19(27)12-26-7-6-24-20(26)13-4-3-5-15(22)8-13/h3-10H,2,12H2,1H3. The Morgan fingerprint density at radius 2 is 2.11 bits per heavy atom. The molecule has 2 heterocycles. The molecule has 0 saturated heterocycles. The number of fused-ring (bicyclic) bond motifs is 1. The quantitative estimate of drug-likeness (QED) is 0.519. The first-order valence-electron chi connectivity index (χ1n) is 8.46.